The molecule has 2 N–H and O–H groups in total. The second-order valence-electron chi connectivity index (χ2n) is 11.4. The number of hydrogen-bond donors (Lipinski definition) is 2. The van der Waals surface area contributed by atoms with Crippen LogP contribution in [0.2, 0.25) is 0 Å². The highest BCUT2D eigenvalue weighted by molar-refractivity contribution is 7.61. The molecule has 0 bridgehead atoms. The third kappa shape index (κ3) is 7.99. The molecule has 3 heterocycles. The molecule has 1 saturated heterocycles. The molecule has 1 aliphatic heterocycles. The highest BCUT2D eigenvalue weighted by atomic mass is 31.2. The van der Waals surface area contributed by atoms with Gasteiger partial charge in [0.15, 0.2) is 11.7 Å². The van der Waals surface area contributed by atoms with Crippen molar-refractivity contribution in [2.75, 3.05) is 20.7 Å². The monoisotopic (exact) mass is 617 g/mol. The largest absolute Gasteiger partial charge is 0.438 e. The lowest BCUT2D eigenvalue weighted by Gasteiger charge is -2.20. The van der Waals surface area contributed by atoms with Crippen molar-refractivity contribution in [1.29, 1.82) is 0 Å². The van der Waals surface area contributed by atoms with Gasteiger partial charge in [-0.2, -0.15) is 0 Å². The minimum absolute atomic E-state index is 0.152. The molecule has 18 heteroatoms. The summed E-state index contributed by atoms with van der Waals surface area (Å²) in [5.41, 5.74) is -3.41. The molecule has 0 aliphatic carbocycles. The molecule has 0 radical (unpaired) electrons. The van der Waals surface area contributed by atoms with Gasteiger partial charge in [0, 0.05) is 19.4 Å². The molecule has 17 nitrogen and oxygen atoms in total. The zero-order chi connectivity index (χ0) is 31.5. The van der Waals surface area contributed by atoms with Crippen LogP contribution in [0.15, 0.2) is 28.0 Å². The standard InChI is InChI=1S/C24H36N5O12P/c1-23(2,3)20(32)37-12-39-42(35,40-13-38-21(33)24(4,5)6)16-11-28(27-26-16)10-14-17(31)18(36-7)19(41-14)29-9-8-15(30)25-22(29)34/h8-9,11,14,17-19,31H,10,12-13H2,1-7H3,(H,25,30,34)/t14-,17-,18-,19-/m1/s1. The summed E-state index contributed by atoms with van der Waals surface area (Å²) >= 11 is 0. The van der Waals surface area contributed by atoms with Crippen LogP contribution in [0.3, 0.4) is 0 Å². The number of H-pyrrole nitrogens is 1. The fourth-order valence-corrected chi connectivity index (χ4v) is 4.71. The summed E-state index contributed by atoms with van der Waals surface area (Å²) < 4.78 is 47.8. The predicted molar refractivity (Wildman–Crippen MR) is 142 cm³/mol. The van der Waals surface area contributed by atoms with E-state index in [-0.39, 0.29) is 12.0 Å². The Labute approximate surface area is 240 Å². The van der Waals surface area contributed by atoms with Gasteiger partial charge in [-0.25, -0.2) is 9.48 Å². The summed E-state index contributed by atoms with van der Waals surface area (Å²) in [6, 6.07) is 1.12. The summed E-state index contributed by atoms with van der Waals surface area (Å²) in [6.07, 6.45) is -1.92. The Morgan fingerprint density at radius 2 is 1.64 bits per heavy atom. The Balaban J connectivity index is 1.78. The van der Waals surface area contributed by atoms with Gasteiger partial charge in [-0.3, -0.25) is 37.5 Å². The van der Waals surface area contributed by atoms with Gasteiger partial charge in [0.2, 0.25) is 13.6 Å². The Bertz CT molecular complexity index is 1390. The Morgan fingerprint density at radius 1 is 1.07 bits per heavy atom. The van der Waals surface area contributed by atoms with E-state index in [1.54, 1.807) is 41.5 Å². The van der Waals surface area contributed by atoms with Crippen LogP contribution >= 0.6 is 7.60 Å². The van der Waals surface area contributed by atoms with Crippen LogP contribution in [0, 0.1) is 10.8 Å². The van der Waals surface area contributed by atoms with E-state index in [4.69, 9.17) is 28.0 Å². The molecule has 234 valence electrons. The topological polar surface area (TPSA) is 212 Å². The van der Waals surface area contributed by atoms with Gasteiger partial charge in [-0.15, -0.1) is 5.10 Å². The predicted octanol–water partition coefficient (Wildman–Crippen LogP) is 0.0468. The molecule has 0 amide bonds. The third-order valence-corrected chi connectivity index (χ3v) is 7.59. The molecule has 3 rings (SSSR count). The molecule has 1 fully saturated rings. The lowest BCUT2D eigenvalue weighted by atomic mass is 9.98. The number of aromatic nitrogens is 5. The first kappa shape index (κ1) is 33.3. The zero-order valence-corrected chi connectivity index (χ0v) is 25.2. The fourth-order valence-electron chi connectivity index (χ4n) is 3.56. The number of rotatable bonds is 11. The van der Waals surface area contributed by atoms with E-state index in [0.717, 1.165) is 10.6 Å². The van der Waals surface area contributed by atoms with Gasteiger partial charge in [0.05, 0.1) is 23.6 Å². The zero-order valence-electron chi connectivity index (χ0n) is 24.3. The van der Waals surface area contributed by atoms with E-state index in [0.29, 0.717) is 0 Å². The molecule has 0 spiro atoms. The number of nitrogens with zero attached hydrogens (tertiary/aromatic N) is 4. The van der Waals surface area contributed by atoms with Crippen LogP contribution in [0.4, 0.5) is 0 Å². The number of aliphatic hydroxyl groups excluding tert-OH is 1. The van der Waals surface area contributed by atoms with Crippen molar-refractivity contribution in [1.82, 2.24) is 24.5 Å². The number of carbonyl (C=O) groups excluding carboxylic acids is 2. The van der Waals surface area contributed by atoms with Gasteiger partial charge in [0.25, 0.3) is 5.56 Å². The molecular formula is C24H36N5O12P. The van der Waals surface area contributed by atoms with Crippen molar-refractivity contribution in [3.8, 4) is 0 Å². The summed E-state index contributed by atoms with van der Waals surface area (Å²) in [7, 11) is -3.05. The summed E-state index contributed by atoms with van der Waals surface area (Å²) in [5.74, 6) is -1.26. The van der Waals surface area contributed by atoms with E-state index in [1.807, 2.05) is 0 Å². The van der Waals surface area contributed by atoms with Crippen molar-refractivity contribution >= 4 is 25.0 Å². The molecule has 1 aliphatic rings. The maximum Gasteiger partial charge on any atom is 0.388 e. The highest BCUT2D eigenvalue weighted by Crippen LogP contribution is 2.46. The molecule has 4 atom stereocenters. The number of nitrogens with one attached hydrogen (secondary N) is 1. The van der Waals surface area contributed by atoms with Crippen LogP contribution in [0.5, 0.6) is 0 Å². The molecule has 0 saturated carbocycles. The molecule has 42 heavy (non-hydrogen) atoms. The number of aromatic amines is 1. The minimum Gasteiger partial charge on any atom is -0.438 e. The van der Waals surface area contributed by atoms with E-state index >= 15 is 0 Å². The lowest BCUT2D eigenvalue weighted by molar-refractivity contribution is -0.161. The smallest absolute Gasteiger partial charge is 0.388 e. The van der Waals surface area contributed by atoms with E-state index < -0.39 is 79.7 Å². The minimum atomic E-state index is -4.37. The first-order valence-electron chi connectivity index (χ1n) is 12.8. The van der Waals surface area contributed by atoms with Gasteiger partial charge >= 0.3 is 25.2 Å². The summed E-state index contributed by atoms with van der Waals surface area (Å²) in [6.45, 7) is 8.04. The van der Waals surface area contributed by atoms with Crippen molar-refractivity contribution in [3.05, 3.63) is 39.3 Å². The lowest BCUT2D eigenvalue weighted by Crippen LogP contribution is -2.38. The first-order chi connectivity index (χ1) is 19.5. The van der Waals surface area contributed by atoms with Gasteiger partial charge in [-0.1, -0.05) is 5.21 Å². The highest BCUT2D eigenvalue weighted by Gasteiger charge is 2.46. The van der Waals surface area contributed by atoms with Crippen LogP contribution in [0.1, 0.15) is 47.8 Å². The molecule has 2 aromatic rings. The normalized spacial score (nSPS) is 21.3. The average molecular weight is 618 g/mol. The van der Waals surface area contributed by atoms with Crippen LogP contribution < -0.4 is 16.7 Å². The van der Waals surface area contributed by atoms with E-state index in [9.17, 15) is 28.8 Å². The van der Waals surface area contributed by atoms with Crippen molar-refractivity contribution in [2.45, 2.75) is 72.6 Å². The number of esters is 2. The maximum absolute atomic E-state index is 13.7. The fraction of sp³-hybridized carbons (Fsp3) is 0.667. The number of methoxy groups -OCH3 is 1. The van der Waals surface area contributed by atoms with Crippen molar-refractivity contribution < 1.29 is 47.3 Å². The SMILES string of the molecule is CO[C@@H]1[C@H](O)[C@@H](Cn2cc(P(=O)(OCOC(=O)C(C)(C)C)OCOC(=O)C(C)(C)C)nn2)O[C@H]1n1ccc(=O)[nH]c1=O. The number of carbonyl (C=O) groups is 2. The van der Waals surface area contributed by atoms with Gasteiger partial charge < -0.3 is 24.1 Å². The Morgan fingerprint density at radius 3 is 2.14 bits per heavy atom. The van der Waals surface area contributed by atoms with Crippen LogP contribution in [-0.4, -0.2) is 80.6 Å². The third-order valence-electron chi connectivity index (χ3n) is 5.93. The van der Waals surface area contributed by atoms with E-state index in [2.05, 4.69) is 15.3 Å². The average Bonchev–Trinajstić information content (AvgIpc) is 3.47. The molecule has 2 aromatic heterocycles. The number of ether oxygens (including phenoxy) is 4. The van der Waals surface area contributed by atoms with Crippen molar-refractivity contribution in [3.63, 3.8) is 0 Å². The Kier molecular flexibility index (Phi) is 10.3. The maximum atomic E-state index is 13.7. The number of aliphatic hydroxyl groups is 1. The van der Waals surface area contributed by atoms with Gasteiger partial charge in [0.1, 0.15) is 18.3 Å². The van der Waals surface area contributed by atoms with Gasteiger partial charge in [-0.05, 0) is 41.5 Å². The summed E-state index contributed by atoms with van der Waals surface area (Å²) in [4.78, 5) is 50.1. The van der Waals surface area contributed by atoms with Crippen LogP contribution in [-0.2, 0) is 48.7 Å². The second kappa shape index (κ2) is 13.0. The number of hydrogen-bond acceptors (Lipinski definition) is 14. The quantitative estimate of drug-likeness (QED) is 0.194. The van der Waals surface area contributed by atoms with Crippen LogP contribution in [0.25, 0.3) is 0 Å². The molecule has 0 aromatic carbocycles. The summed E-state index contributed by atoms with van der Waals surface area (Å²) in [5, 5.41) is 18.6. The molecular weight excluding hydrogens is 581 g/mol. The molecule has 0 unspecified atom stereocenters. The van der Waals surface area contributed by atoms with Crippen molar-refractivity contribution in [2.24, 2.45) is 10.8 Å². The second-order valence-corrected chi connectivity index (χ2v) is 13.4. The Hall–Kier alpha value is -3.21. The van der Waals surface area contributed by atoms with E-state index in [1.165, 1.54) is 24.2 Å². The first-order valence-corrected chi connectivity index (χ1v) is 14.3.